The number of hydrogen-bond acceptors (Lipinski definition) is 5. The molecular weight excluding hydrogens is 342 g/mol. The van der Waals surface area contributed by atoms with Gasteiger partial charge in [0.2, 0.25) is 15.9 Å². The van der Waals surface area contributed by atoms with Gasteiger partial charge in [0.05, 0.1) is 17.6 Å². The number of nitrogens with two attached hydrogens (primary N) is 1. The van der Waals surface area contributed by atoms with E-state index in [4.69, 9.17) is 10.5 Å². The molecule has 0 saturated carbocycles. The maximum Gasteiger partial charge on any atom is 0.248 e. The summed E-state index contributed by atoms with van der Waals surface area (Å²) in [6.45, 7) is 2.48. The number of sulfonamides is 1. The first-order valence-electron chi connectivity index (χ1n) is 7.85. The molecule has 0 radical (unpaired) electrons. The highest BCUT2D eigenvalue weighted by atomic mass is 32.2. The number of nitrogens with zero attached hydrogens (tertiary/aromatic N) is 2. The molecule has 1 amide bonds. The molecule has 3 rings (SSSR count). The van der Waals surface area contributed by atoms with Gasteiger partial charge in [-0.2, -0.15) is 4.31 Å². The van der Waals surface area contributed by atoms with E-state index in [-0.39, 0.29) is 23.1 Å². The first-order valence-corrected chi connectivity index (χ1v) is 9.29. The summed E-state index contributed by atoms with van der Waals surface area (Å²) >= 11 is 0. The molecule has 2 N–H and O–H groups in total. The fraction of sp³-hybridized carbons (Fsp3) is 0.294. The van der Waals surface area contributed by atoms with Crippen LogP contribution in [0.2, 0.25) is 0 Å². The zero-order valence-electron chi connectivity index (χ0n) is 13.8. The molecule has 0 unspecified atom stereocenters. The maximum atomic E-state index is 12.8. The van der Waals surface area contributed by atoms with Crippen molar-refractivity contribution in [2.45, 2.75) is 24.3 Å². The summed E-state index contributed by atoms with van der Waals surface area (Å²) in [5.41, 5.74) is 6.28. The van der Waals surface area contributed by atoms with Crippen LogP contribution in [0.4, 0.5) is 0 Å². The number of carbonyl (C=O) groups excluding carboxylic acids is 1. The lowest BCUT2D eigenvalue weighted by Gasteiger charge is -2.17. The Balaban J connectivity index is 1.73. The molecule has 2 heterocycles. The molecule has 0 bridgehead atoms. The number of hydrogen-bond donors (Lipinski definition) is 1. The Kier molecular flexibility index (Phi) is 4.73. The predicted molar refractivity (Wildman–Crippen MR) is 91.7 cm³/mol. The van der Waals surface area contributed by atoms with E-state index >= 15 is 0 Å². The average Bonchev–Trinajstić information content (AvgIpc) is 3.06. The highest BCUT2D eigenvalue weighted by molar-refractivity contribution is 7.89. The molecule has 1 aromatic heterocycles. The third-order valence-electron chi connectivity index (χ3n) is 4.05. The van der Waals surface area contributed by atoms with Gasteiger partial charge in [-0.15, -0.1) is 0 Å². The molecule has 1 aromatic carbocycles. The fourth-order valence-corrected chi connectivity index (χ4v) is 4.22. The number of aromatic nitrogens is 1. The van der Waals surface area contributed by atoms with Crippen LogP contribution >= 0.6 is 0 Å². The molecule has 1 aliphatic heterocycles. The number of rotatable bonds is 5. The highest BCUT2D eigenvalue weighted by Gasteiger charge is 2.33. The summed E-state index contributed by atoms with van der Waals surface area (Å²) in [4.78, 5) is 15.5. The highest BCUT2D eigenvalue weighted by Crippen LogP contribution is 2.24. The smallest absolute Gasteiger partial charge is 0.248 e. The Morgan fingerprint density at radius 3 is 2.80 bits per heavy atom. The van der Waals surface area contributed by atoms with Crippen molar-refractivity contribution in [1.82, 2.24) is 9.29 Å². The standard InChI is InChI=1S/C17H19N3O4S/c1-12-5-6-14(10-19-12)24-15-7-8-20(11-15)25(22,23)16-4-2-3-13(9-16)17(18)21/h2-6,9-10,15H,7-8,11H2,1H3,(H2,18,21)/t15-/m0/s1. The van der Waals surface area contributed by atoms with Crippen molar-refractivity contribution in [3.05, 3.63) is 53.9 Å². The van der Waals surface area contributed by atoms with Gasteiger partial charge in [-0.05, 0) is 43.7 Å². The van der Waals surface area contributed by atoms with E-state index in [9.17, 15) is 13.2 Å². The number of ether oxygens (including phenoxy) is 1. The van der Waals surface area contributed by atoms with E-state index in [1.807, 2.05) is 19.1 Å². The Bertz CT molecular complexity index is 881. The third-order valence-corrected chi connectivity index (χ3v) is 5.91. The number of amides is 1. The second kappa shape index (κ2) is 6.81. The number of benzene rings is 1. The van der Waals surface area contributed by atoms with Gasteiger partial charge < -0.3 is 10.5 Å². The minimum Gasteiger partial charge on any atom is -0.487 e. The number of pyridine rings is 1. The molecule has 0 spiro atoms. The molecule has 0 aliphatic carbocycles. The molecule has 1 saturated heterocycles. The average molecular weight is 361 g/mol. The minimum absolute atomic E-state index is 0.0569. The Hall–Kier alpha value is -2.45. The summed E-state index contributed by atoms with van der Waals surface area (Å²) in [6, 6.07) is 9.41. The lowest BCUT2D eigenvalue weighted by Crippen LogP contribution is -2.31. The van der Waals surface area contributed by atoms with Gasteiger partial charge in [-0.25, -0.2) is 8.42 Å². The van der Waals surface area contributed by atoms with Crippen LogP contribution in [0.1, 0.15) is 22.5 Å². The predicted octanol–water partition coefficient (Wildman–Crippen LogP) is 1.33. The van der Waals surface area contributed by atoms with E-state index in [0.29, 0.717) is 18.7 Å². The molecule has 2 aromatic rings. The number of primary amides is 1. The molecule has 1 aliphatic rings. The monoisotopic (exact) mass is 361 g/mol. The number of carbonyl (C=O) groups is 1. The van der Waals surface area contributed by atoms with E-state index in [1.54, 1.807) is 6.20 Å². The van der Waals surface area contributed by atoms with Crippen molar-refractivity contribution >= 4 is 15.9 Å². The quantitative estimate of drug-likeness (QED) is 0.865. The van der Waals surface area contributed by atoms with Crippen molar-refractivity contribution in [2.24, 2.45) is 5.73 Å². The van der Waals surface area contributed by atoms with Gasteiger partial charge in [0.1, 0.15) is 11.9 Å². The molecular formula is C17H19N3O4S. The normalized spacial score (nSPS) is 18.2. The first kappa shape index (κ1) is 17.4. The van der Waals surface area contributed by atoms with Crippen LogP contribution in [0, 0.1) is 6.92 Å². The van der Waals surface area contributed by atoms with Gasteiger partial charge in [0.25, 0.3) is 0 Å². The molecule has 25 heavy (non-hydrogen) atoms. The SMILES string of the molecule is Cc1ccc(O[C@H]2CCN(S(=O)(=O)c3cccc(C(N)=O)c3)C2)cn1. The van der Waals surface area contributed by atoms with E-state index in [0.717, 1.165) is 5.69 Å². The minimum atomic E-state index is -3.70. The Morgan fingerprint density at radius 2 is 2.12 bits per heavy atom. The second-order valence-corrected chi connectivity index (χ2v) is 7.86. The van der Waals surface area contributed by atoms with Crippen LogP contribution in [-0.2, 0) is 10.0 Å². The Labute approximate surface area is 146 Å². The molecule has 1 atom stereocenters. The second-order valence-electron chi connectivity index (χ2n) is 5.92. The van der Waals surface area contributed by atoms with Crippen molar-refractivity contribution in [2.75, 3.05) is 13.1 Å². The van der Waals surface area contributed by atoms with Gasteiger partial charge in [-0.3, -0.25) is 9.78 Å². The maximum absolute atomic E-state index is 12.8. The zero-order chi connectivity index (χ0) is 18.0. The van der Waals surface area contributed by atoms with E-state index < -0.39 is 15.9 Å². The van der Waals surface area contributed by atoms with Gasteiger partial charge in [0.15, 0.2) is 0 Å². The Morgan fingerprint density at radius 1 is 1.32 bits per heavy atom. The van der Waals surface area contributed by atoms with Crippen molar-refractivity contribution in [1.29, 1.82) is 0 Å². The van der Waals surface area contributed by atoms with Crippen LogP contribution in [-0.4, -0.2) is 42.8 Å². The summed E-state index contributed by atoms with van der Waals surface area (Å²) in [5.74, 6) is -0.0443. The summed E-state index contributed by atoms with van der Waals surface area (Å²) < 4.78 is 32.7. The van der Waals surface area contributed by atoms with Gasteiger partial charge >= 0.3 is 0 Å². The largest absolute Gasteiger partial charge is 0.487 e. The lowest BCUT2D eigenvalue weighted by atomic mass is 10.2. The third kappa shape index (κ3) is 3.80. The van der Waals surface area contributed by atoms with Crippen LogP contribution in [0.3, 0.4) is 0 Å². The zero-order valence-corrected chi connectivity index (χ0v) is 14.6. The van der Waals surface area contributed by atoms with Gasteiger partial charge in [0, 0.05) is 17.8 Å². The molecule has 7 nitrogen and oxygen atoms in total. The van der Waals surface area contributed by atoms with E-state index in [2.05, 4.69) is 4.98 Å². The van der Waals surface area contributed by atoms with Crippen molar-refractivity contribution in [3.63, 3.8) is 0 Å². The molecule has 132 valence electrons. The van der Waals surface area contributed by atoms with Crippen LogP contribution in [0.25, 0.3) is 0 Å². The van der Waals surface area contributed by atoms with Gasteiger partial charge in [-0.1, -0.05) is 6.07 Å². The van der Waals surface area contributed by atoms with Crippen LogP contribution < -0.4 is 10.5 Å². The first-order chi connectivity index (χ1) is 11.9. The fourth-order valence-electron chi connectivity index (χ4n) is 2.69. The topological polar surface area (TPSA) is 103 Å². The summed E-state index contributed by atoms with van der Waals surface area (Å²) in [7, 11) is -3.70. The summed E-state index contributed by atoms with van der Waals surface area (Å²) in [6.07, 6.45) is 1.98. The van der Waals surface area contributed by atoms with E-state index in [1.165, 1.54) is 28.6 Å². The lowest BCUT2D eigenvalue weighted by molar-refractivity contribution is 0.1000. The van der Waals surface area contributed by atoms with Crippen LogP contribution in [0.15, 0.2) is 47.5 Å². The number of aryl methyl sites for hydroxylation is 1. The van der Waals surface area contributed by atoms with Crippen molar-refractivity contribution < 1.29 is 17.9 Å². The molecule has 1 fully saturated rings. The van der Waals surface area contributed by atoms with Crippen molar-refractivity contribution in [3.8, 4) is 5.75 Å². The summed E-state index contributed by atoms with van der Waals surface area (Å²) in [5, 5.41) is 0. The van der Waals surface area contributed by atoms with Crippen LogP contribution in [0.5, 0.6) is 5.75 Å². The molecule has 8 heteroatoms.